The Bertz CT molecular complexity index is 571. The number of halogens is 1. The number of aromatic nitrogens is 1. The number of urea groups is 1. The lowest BCUT2D eigenvalue weighted by molar-refractivity contribution is 0.249. The third-order valence-electron chi connectivity index (χ3n) is 2.54. The van der Waals surface area contributed by atoms with Crippen LogP contribution in [0.1, 0.15) is 0 Å². The van der Waals surface area contributed by atoms with Crippen molar-refractivity contribution < 1.29 is 4.79 Å². The van der Waals surface area contributed by atoms with Crippen LogP contribution in [0.5, 0.6) is 0 Å². The van der Waals surface area contributed by atoms with Gasteiger partial charge < -0.3 is 5.32 Å². The summed E-state index contributed by atoms with van der Waals surface area (Å²) in [5.41, 5.74) is 0. The van der Waals surface area contributed by atoms with E-state index in [1.807, 2.05) is 24.3 Å². The molecule has 0 radical (unpaired) electrons. The van der Waals surface area contributed by atoms with Crippen molar-refractivity contribution in [2.45, 2.75) is 0 Å². The molecule has 4 nitrogen and oxygen atoms in total. The van der Waals surface area contributed by atoms with Gasteiger partial charge in [0.15, 0.2) is 0 Å². The van der Waals surface area contributed by atoms with Crippen molar-refractivity contribution in [3.8, 4) is 0 Å². The van der Waals surface area contributed by atoms with Gasteiger partial charge >= 0.3 is 6.03 Å². The normalized spacial score (nSPS) is 10.3. The van der Waals surface area contributed by atoms with Gasteiger partial charge in [-0.1, -0.05) is 22.0 Å². The van der Waals surface area contributed by atoms with E-state index in [1.165, 1.54) is 4.90 Å². The quantitative estimate of drug-likeness (QED) is 0.879. The minimum atomic E-state index is -0.190. The number of hydrogen-bond acceptors (Lipinski definition) is 2. The molecule has 0 aliphatic rings. The minimum absolute atomic E-state index is 0.190. The summed E-state index contributed by atoms with van der Waals surface area (Å²) in [5.74, 6) is 0.642. The van der Waals surface area contributed by atoms with Gasteiger partial charge in [0.1, 0.15) is 5.82 Å². The lowest BCUT2D eigenvalue weighted by Gasteiger charge is -2.17. The van der Waals surface area contributed by atoms with Crippen molar-refractivity contribution in [2.75, 3.05) is 19.0 Å². The van der Waals surface area contributed by atoms with E-state index in [9.17, 15) is 4.79 Å². The van der Waals surface area contributed by atoms with Gasteiger partial charge in [-0.05, 0) is 23.6 Å². The molecule has 2 aromatic rings. The Morgan fingerprint density at radius 3 is 2.88 bits per heavy atom. The van der Waals surface area contributed by atoms with Crippen molar-refractivity contribution >= 4 is 38.6 Å². The van der Waals surface area contributed by atoms with Gasteiger partial charge in [-0.3, -0.25) is 4.90 Å². The van der Waals surface area contributed by atoms with Crippen LogP contribution in [0.2, 0.25) is 0 Å². The van der Waals surface area contributed by atoms with Crippen LogP contribution in [-0.2, 0) is 0 Å². The molecule has 0 spiro atoms. The third kappa shape index (κ3) is 2.24. The third-order valence-corrected chi connectivity index (χ3v) is 3.04. The second kappa shape index (κ2) is 4.71. The van der Waals surface area contributed by atoms with Crippen molar-refractivity contribution in [1.29, 1.82) is 0 Å². The maximum atomic E-state index is 11.6. The molecule has 0 bridgehead atoms. The number of carbonyl (C=O) groups is 1. The molecule has 0 saturated carbocycles. The van der Waals surface area contributed by atoms with E-state index in [0.717, 1.165) is 15.2 Å². The largest absolute Gasteiger partial charge is 0.341 e. The fourth-order valence-corrected chi connectivity index (χ4v) is 2.02. The number of fused-ring (bicyclic) bond motifs is 1. The summed E-state index contributed by atoms with van der Waals surface area (Å²) in [6, 6.07) is 7.64. The van der Waals surface area contributed by atoms with E-state index in [2.05, 4.69) is 26.2 Å². The number of nitrogens with one attached hydrogen (secondary N) is 1. The fraction of sp³-hybridized carbons (Fsp3) is 0.167. The Hall–Kier alpha value is -1.62. The summed E-state index contributed by atoms with van der Waals surface area (Å²) in [6.45, 7) is 0. The molecule has 88 valence electrons. The summed E-state index contributed by atoms with van der Waals surface area (Å²) >= 11 is 3.42. The molecule has 5 heteroatoms. The number of pyridine rings is 1. The summed E-state index contributed by atoms with van der Waals surface area (Å²) in [6.07, 6.45) is 1.70. The van der Waals surface area contributed by atoms with Crippen molar-refractivity contribution in [1.82, 2.24) is 10.3 Å². The van der Waals surface area contributed by atoms with Crippen LogP contribution in [0.4, 0.5) is 10.6 Å². The van der Waals surface area contributed by atoms with E-state index in [4.69, 9.17) is 0 Å². The predicted octanol–water partition coefficient (Wildman–Crippen LogP) is 2.77. The van der Waals surface area contributed by atoms with Crippen molar-refractivity contribution in [2.24, 2.45) is 0 Å². The zero-order valence-corrected chi connectivity index (χ0v) is 11.2. The maximum absolute atomic E-state index is 11.6. The molecule has 2 amide bonds. The average molecular weight is 294 g/mol. The summed E-state index contributed by atoms with van der Waals surface area (Å²) in [5, 5.41) is 4.57. The number of amides is 2. The lowest BCUT2D eigenvalue weighted by atomic mass is 10.1. The van der Waals surface area contributed by atoms with Gasteiger partial charge in [-0.2, -0.15) is 0 Å². The SMILES string of the molecule is CNC(=O)N(C)c1nccc2ccc(Br)cc12. The highest BCUT2D eigenvalue weighted by molar-refractivity contribution is 9.10. The number of anilines is 1. The van der Waals surface area contributed by atoms with Crippen LogP contribution in [0.25, 0.3) is 10.8 Å². The highest BCUT2D eigenvalue weighted by Gasteiger charge is 2.13. The molecule has 1 aromatic carbocycles. The van der Waals surface area contributed by atoms with Crippen molar-refractivity contribution in [3.05, 3.63) is 34.9 Å². The maximum Gasteiger partial charge on any atom is 0.322 e. The molecule has 0 fully saturated rings. The molecule has 1 N–H and O–H groups in total. The van der Waals surface area contributed by atoms with Crippen LogP contribution in [0.3, 0.4) is 0 Å². The Morgan fingerprint density at radius 1 is 1.41 bits per heavy atom. The monoisotopic (exact) mass is 293 g/mol. The molecule has 0 saturated heterocycles. The van der Waals surface area contributed by atoms with E-state index < -0.39 is 0 Å². The smallest absolute Gasteiger partial charge is 0.322 e. The van der Waals surface area contributed by atoms with Gasteiger partial charge in [0.2, 0.25) is 0 Å². The molecule has 1 heterocycles. The van der Waals surface area contributed by atoms with Crippen LogP contribution in [0, 0.1) is 0 Å². The van der Waals surface area contributed by atoms with E-state index >= 15 is 0 Å². The topological polar surface area (TPSA) is 45.2 Å². The summed E-state index contributed by atoms with van der Waals surface area (Å²) < 4.78 is 0.963. The second-order valence-electron chi connectivity index (χ2n) is 3.61. The highest BCUT2D eigenvalue weighted by atomic mass is 79.9. The van der Waals surface area contributed by atoms with Crippen LogP contribution in [-0.4, -0.2) is 25.1 Å². The highest BCUT2D eigenvalue weighted by Crippen LogP contribution is 2.26. The van der Waals surface area contributed by atoms with Crippen LogP contribution in [0.15, 0.2) is 34.9 Å². The molecule has 2 rings (SSSR count). The summed E-state index contributed by atoms with van der Waals surface area (Å²) in [7, 11) is 3.29. The van der Waals surface area contributed by atoms with Gasteiger partial charge in [-0.15, -0.1) is 0 Å². The van der Waals surface area contributed by atoms with E-state index in [-0.39, 0.29) is 6.03 Å². The zero-order chi connectivity index (χ0) is 12.4. The number of rotatable bonds is 1. The molecule has 17 heavy (non-hydrogen) atoms. The molecule has 0 atom stereocenters. The molecular formula is C12H12BrN3O. The first-order valence-corrected chi connectivity index (χ1v) is 5.92. The number of benzene rings is 1. The van der Waals surface area contributed by atoms with Gasteiger partial charge in [0.25, 0.3) is 0 Å². The van der Waals surface area contributed by atoms with Gasteiger partial charge in [0.05, 0.1) is 0 Å². The predicted molar refractivity (Wildman–Crippen MR) is 72.3 cm³/mol. The first kappa shape index (κ1) is 11.9. The molecular weight excluding hydrogens is 282 g/mol. The lowest BCUT2D eigenvalue weighted by Crippen LogP contribution is -2.35. The number of carbonyl (C=O) groups excluding carboxylic acids is 1. The van der Waals surface area contributed by atoms with E-state index in [0.29, 0.717) is 5.82 Å². The second-order valence-corrected chi connectivity index (χ2v) is 4.53. The zero-order valence-electron chi connectivity index (χ0n) is 9.57. The standard InChI is InChI=1S/C12H12BrN3O/c1-14-12(17)16(2)11-10-7-9(13)4-3-8(10)5-6-15-11/h3-7H,1-2H3,(H,14,17). The molecule has 0 aliphatic heterocycles. The first-order valence-electron chi connectivity index (χ1n) is 5.13. The molecule has 1 aromatic heterocycles. The van der Waals surface area contributed by atoms with Crippen molar-refractivity contribution in [3.63, 3.8) is 0 Å². The minimum Gasteiger partial charge on any atom is -0.341 e. The van der Waals surface area contributed by atoms with Crippen LogP contribution < -0.4 is 10.2 Å². The molecule has 0 aliphatic carbocycles. The Labute approximate surface area is 108 Å². The van der Waals surface area contributed by atoms with Crippen LogP contribution >= 0.6 is 15.9 Å². The average Bonchev–Trinajstić information content (AvgIpc) is 2.36. The first-order chi connectivity index (χ1) is 8.13. The number of nitrogens with zero attached hydrogens (tertiary/aromatic N) is 2. The Balaban J connectivity index is 2.60. The number of hydrogen-bond donors (Lipinski definition) is 1. The Kier molecular flexibility index (Phi) is 3.28. The Morgan fingerprint density at radius 2 is 2.18 bits per heavy atom. The van der Waals surface area contributed by atoms with Gasteiger partial charge in [-0.25, -0.2) is 9.78 Å². The molecule has 0 unspecified atom stereocenters. The van der Waals surface area contributed by atoms with Gasteiger partial charge in [0, 0.05) is 30.2 Å². The fourth-order valence-electron chi connectivity index (χ4n) is 1.66. The summed E-state index contributed by atoms with van der Waals surface area (Å²) in [4.78, 5) is 17.4. The van der Waals surface area contributed by atoms with E-state index in [1.54, 1.807) is 20.3 Å².